The van der Waals surface area contributed by atoms with Gasteiger partial charge in [0.25, 0.3) is 5.91 Å². The topological polar surface area (TPSA) is 99.5 Å². The molecule has 0 aromatic heterocycles. The number of nitriles is 1. The first-order chi connectivity index (χ1) is 14.4. The zero-order valence-corrected chi connectivity index (χ0v) is 18.2. The van der Waals surface area contributed by atoms with E-state index in [0.717, 1.165) is 4.90 Å². The van der Waals surface area contributed by atoms with E-state index in [1.54, 1.807) is 56.6 Å². The molecule has 2 rings (SSSR count). The molecule has 30 heavy (non-hydrogen) atoms. The minimum atomic E-state index is -0.641. The lowest BCUT2D eigenvalue weighted by Gasteiger charge is -2.12. The van der Waals surface area contributed by atoms with Crippen LogP contribution < -0.4 is 5.32 Å². The number of rotatable bonds is 9. The number of thioether (sulfide) groups is 2. The summed E-state index contributed by atoms with van der Waals surface area (Å²) in [5, 5.41) is 11.4. The fraction of sp³-hybridized carbons (Fsp3) is 0.238. The molecule has 0 aliphatic rings. The van der Waals surface area contributed by atoms with Gasteiger partial charge in [-0.05, 0) is 24.3 Å². The summed E-state index contributed by atoms with van der Waals surface area (Å²) in [6.07, 6.45) is 0. The van der Waals surface area contributed by atoms with E-state index in [4.69, 9.17) is 10.00 Å². The summed E-state index contributed by atoms with van der Waals surface area (Å²) in [4.78, 5) is 39.3. The normalized spacial score (nSPS) is 10.0. The summed E-state index contributed by atoms with van der Waals surface area (Å²) in [5.41, 5.74) is 0.851. The molecular weight excluding hydrogens is 422 g/mol. The lowest BCUT2D eigenvalue weighted by atomic mass is 10.2. The van der Waals surface area contributed by atoms with Gasteiger partial charge in [-0.25, -0.2) is 4.79 Å². The van der Waals surface area contributed by atoms with E-state index in [0.29, 0.717) is 16.1 Å². The first-order valence-electron chi connectivity index (χ1n) is 8.90. The quantitative estimate of drug-likeness (QED) is 0.469. The van der Waals surface area contributed by atoms with Gasteiger partial charge in [-0.15, -0.1) is 23.5 Å². The average molecular weight is 444 g/mol. The van der Waals surface area contributed by atoms with Crippen LogP contribution >= 0.6 is 23.5 Å². The Morgan fingerprint density at radius 1 is 1.03 bits per heavy atom. The Balaban J connectivity index is 1.96. The smallest absolute Gasteiger partial charge is 0.339 e. The number of nitrogens with one attached hydrogen (secondary N) is 1. The first kappa shape index (κ1) is 23.3. The molecule has 9 heteroatoms. The van der Waals surface area contributed by atoms with Gasteiger partial charge in [0.1, 0.15) is 0 Å². The van der Waals surface area contributed by atoms with Crippen molar-refractivity contribution in [1.29, 1.82) is 5.26 Å². The number of hydrogen-bond acceptors (Lipinski definition) is 7. The van der Waals surface area contributed by atoms with Crippen molar-refractivity contribution in [2.24, 2.45) is 0 Å². The van der Waals surface area contributed by atoms with Gasteiger partial charge in [0.2, 0.25) is 5.91 Å². The Kier molecular flexibility index (Phi) is 9.25. The van der Waals surface area contributed by atoms with E-state index >= 15 is 0 Å². The van der Waals surface area contributed by atoms with Crippen LogP contribution in [0.1, 0.15) is 10.4 Å². The van der Waals surface area contributed by atoms with E-state index in [2.05, 4.69) is 5.32 Å². The van der Waals surface area contributed by atoms with Crippen LogP contribution in [-0.4, -0.2) is 54.9 Å². The molecule has 2 amide bonds. The second kappa shape index (κ2) is 11.9. The Labute approximate surface area is 183 Å². The summed E-state index contributed by atoms with van der Waals surface area (Å²) >= 11 is 2.54. The third kappa shape index (κ3) is 7.13. The van der Waals surface area contributed by atoms with Crippen LogP contribution in [0, 0.1) is 11.3 Å². The van der Waals surface area contributed by atoms with Gasteiger partial charge >= 0.3 is 5.97 Å². The van der Waals surface area contributed by atoms with E-state index in [1.165, 1.54) is 28.4 Å². The predicted octanol–water partition coefficient (Wildman–Crippen LogP) is 3.28. The highest BCUT2D eigenvalue weighted by molar-refractivity contribution is 8.00. The molecule has 0 fully saturated rings. The van der Waals surface area contributed by atoms with Crippen LogP contribution in [0.5, 0.6) is 0 Å². The zero-order valence-electron chi connectivity index (χ0n) is 16.6. The molecule has 0 radical (unpaired) electrons. The van der Waals surface area contributed by atoms with Crippen molar-refractivity contribution in [2.75, 3.05) is 37.5 Å². The van der Waals surface area contributed by atoms with Gasteiger partial charge in [0.05, 0.1) is 28.8 Å². The van der Waals surface area contributed by atoms with Crippen LogP contribution in [-0.2, 0) is 14.3 Å². The Bertz CT molecular complexity index is 957. The second-order valence-corrected chi connectivity index (χ2v) is 8.17. The predicted molar refractivity (Wildman–Crippen MR) is 118 cm³/mol. The lowest BCUT2D eigenvalue weighted by molar-refractivity contribution is -0.125. The molecule has 0 saturated carbocycles. The number of esters is 1. The van der Waals surface area contributed by atoms with Crippen LogP contribution in [0.4, 0.5) is 5.69 Å². The minimum absolute atomic E-state index is 0.0736. The van der Waals surface area contributed by atoms with Gasteiger partial charge < -0.3 is 15.0 Å². The molecule has 0 saturated heterocycles. The maximum atomic E-state index is 12.5. The molecule has 0 bridgehead atoms. The summed E-state index contributed by atoms with van der Waals surface area (Å²) in [6.45, 7) is -0.453. The number of carbonyl (C=O) groups is 3. The van der Waals surface area contributed by atoms with Crippen LogP contribution in [0.25, 0.3) is 0 Å². The number of carbonyl (C=O) groups excluding carboxylic acids is 3. The summed E-state index contributed by atoms with van der Waals surface area (Å²) in [7, 11) is 3.33. The number of hydrogen-bond donors (Lipinski definition) is 1. The molecule has 156 valence electrons. The molecule has 1 N–H and O–H groups in total. The van der Waals surface area contributed by atoms with Crippen molar-refractivity contribution >= 4 is 47.0 Å². The van der Waals surface area contributed by atoms with Crippen molar-refractivity contribution in [2.45, 2.75) is 9.79 Å². The zero-order chi connectivity index (χ0) is 21.9. The molecule has 0 aliphatic heterocycles. The number of nitrogens with zero attached hydrogens (tertiary/aromatic N) is 2. The van der Waals surface area contributed by atoms with Crippen LogP contribution in [0.2, 0.25) is 0 Å². The van der Waals surface area contributed by atoms with Gasteiger partial charge in [0.15, 0.2) is 6.61 Å². The maximum absolute atomic E-state index is 12.5. The highest BCUT2D eigenvalue weighted by atomic mass is 32.2. The summed E-state index contributed by atoms with van der Waals surface area (Å²) in [6, 6.07) is 15.9. The molecule has 0 atom stereocenters. The molecular formula is C21H21N3O4S2. The monoisotopic (exact) mass is 443 g/mol. The van der Waals surface area contributed by atoms with Gasteiger partial charge in [0, 0.05) is 23.9 Å². The molecule has 0 unspecified atom stereocenters. The number of amides is 2. The van der Waals surface area contributed by atoms with E-state index in [-0.39, 0.29) is 17.4 Å². The lowest BCUT2D eigenvalue weighted by Crippen LogP contribution is -2.23. The van der Waals surface area contributed by atoms with Crippen molar-refractivity contribution in [3.05, 3.63) is 54.1 Å². The van der Waals surface area contributed by atoms with Gasteiger partial charge in [-0.1, -0.05) is 24.3 Å². The maximum Gasteiger partial charge on any atom is 0.339 e. The van der Waals surface area contributed by atoms with Crippen LogP contribution in [0.15, 0.2) is 58.3 Å². The Hall–Kier alpha value is -2.96. The van der Waals surface area contributed by atoms with Crippen molar-refractivity contribution in [3.8, 4) is 6.07 Å². The number of anilines is 1. The number of para-hydroxylation sites is 1. The van der Waals surface area contributed by atoms with E-state index in [1.807, 2.05) is 12.1 Å². The van der Waals surface area contributed by atoms with Crippen LogP contribution in [0.3, 0.4) is 0 Å². The summed E-state index contributed by atoms with van der Waals surface area (Å²) in [5.74, 6) is -0.754. The van der Waals surface area contributed by atoms with E-state index < -0.39 is 18.5 Å². The fourth-order valence-electron chi connectivity index (χ4n) is 2.23. The number of ether oxygens (including phenoxy) is 1. The fourth-order valence-corrected chi connectivity index (χ4v) is 3.92. The third-order valence-corrected chi connectivity index (χ3v) is 5.74. The van der Waals surface area contributed by atoms with Crippen molar-refractivity contribution < 1.29 is 19.1 Å². The molecule has 0 spiro atoms. The first-order valence-corrected chi connectivity index (χ1v) is 10.9. The Morgan fingerprint density at radius 2 is 1.70 bits per heavy atom. The van der Waals surface area contributed by atoms with Crippen molar-refractivity contribution in [3.63, 3.8) is 0 Å². The molecule has 0 heterocycles. The van der Waals surface area contributed by atoms with Gasteiger partial charge in [-0.3, -0.25) is 9.59 Å². The highest BCUT2D eigenvalue weighted by Gasteiger charge is 2.16. The molecule has 0 aliphatic carbocycles. The SMILES string of the molecule is CN(C)C(=O)CSc1ccccc1C(=O)OCC(=O)Nc1ccccc1SCC#N. The second-order valence-electron chi connectivity index (χ2n) is 6.14. The van der Waals surface area contributed by atoms with E-state index in [9.17, 15) is 14.4 Å². The van der Waals surface area contributed by atoms with Crippen molar-refractivity contribution in [1.82, 2.24) is 4.90 Å². The molecule has 2 aromatic rings. The van der Waals surface area contributed by atoms with Gasteiger partial charge in [-0.2, -0.15) is 5.26 Å². The molecule has 7 nitrogen and oxygen atoms in total. The third-order valence-electron chi connectivity index (χ3n) is 3.74. The number of benzene rings is 2. The molecule has 2 aromatic carbocycles. The Morgan fingerprint density at radius 3 is 2.40 bits per heavy atom. The average Bonchev–Trinajstić information content (AvgIpc) is 2.75. The standard InChI is InChI=1S/C21H21N3O4S2/c1-24(2)20(26)14-30-17-9-5-3-7-15(17)21(27)28-13-19(25)23-16-8-4-6-10-18(16)29-12-11-22/h3-10H,12-14H2,1-2H3,(H,23,25). The highest BCUT2D eigenvalue weighted by Crippen LogP contribution is 2.27. The summed E-state index contributed by atoms with van der Waals surface area (Å²) < 4.78 is 5.16. The minimum Gasteiger partial charge on any atom is -0.452 e. The largest absolute Gasteiger partial charge is 0.452 e.